The third-order valence-corrected chi connectivity index (χ3v) is 2.03. The Morgan fingerprint density at radius 1 is 1.50 bits per heavy atom. The van der Waals surface area contributed by atoms with Crippen molar-refractivity contribution >= 4 is 23.2 Å². The fraction of sp³-hybridized carbons (Fsp3) is 0.429. The highest BCUT2D eigenvalue weighted by Gasteiger charge is 2.10. The smallest absolute Gasteiger partial charge is 0.155 e. The molecule has 0 aliphatic rings. The van der Waals surface area contributed by atoms with E-state index in [1.807, 2.05) is 6.92 Å². The van der Waals surface area contributed by atoms with Crippen LogP contribution >= 0.6 is 23.2 Å². The molecule has 0 aliphatic heterocycles. The molecule has 0 bridgehead atoms. The minimum Gasteiger partial charge on any atom is -0.396 e. The molecule has 0 saturated heterocycles. The molecule has 0 radical (unpaired) electrons. The first-order chi connectivity index (χ1) is 5.65. The predicted molar refractivity (Wildman–Crippen MR) is 47.6 cm³/mol. The minimum absolute atomic E-state index is 0.0156. The van der Waals surface area contributed by atoms with Gasteiger partial charge < -0.3 is 5.11 Å². The molecular weight excluding hydrogens is 199 g/mol. The van der Waals surface area contributed by atoms with Crippen molar-refractivity contribution in [3.05, 3.63) is 21.9 Å². The summed E-state index contributed by atoms with van der Waals surface area (Å²) in [5, 5.41) is 16.6. The van der Waals surface area contributed by atoms with E-state index in [1.54, 1.807) is 6.07 Å². The number of aliphatic hydroxyl groups excluding tert-OH is 1. The summed E-state index contributed by atoms with van der Waals surface area (Å²) in [5.41, 5.74) is 0.721. The van der Waals surface area contributed by atoms with Crippen LogP contribution in [0.4, 0.5) is 0 Å². The van der Waals surface area contributed by atoms with E-state index in [-0.39, 0.29) is 17.7 Å². The fourth-order valence-electron chi connectivity index (χ4n) is 0.810. The number of aromatic nitrogens is 2. The van der Waals surface area contributed by atoms with Crippen LogP contribution in [0.3, 0.4) is 0 Å². The summed E-state index contributed by atoms with van der Waals surface area (Å²) in [6.07, 6.45) is 0. The Balaban J connectivity index is 3.04. The second kappa shape index (κ2) is 4.03. The molecule has 0 aromatic carbocycles. The van der Waals surface area contributed by atoms with Crippen molar-refractivity contribution in [3.63, 3.8) is 0 Å². The molecule has 0 saturated carbocycles. The van der Waals surface area contributed by atoms with Gasteiger partial charge in [0.1, 0.15) is 0 Å². The highest BCUT2D eigenvalue weighted by Crippen LogP contribution is 2.23. The maximum Gasteiger partial charge on any atom is 0.155 e. The van der Waals surface area contributed by atoms with E-state index in [1.165, 1.54) is 0 Å². The van der Waals surface area contributed by atoms with Crippen molar-refractivity contribution in [1.82, 2.24) is 10.2 Å². The lowest BCUT2D eigenvalue weighted by molar-refractivity contribution is 0.273. The summed E-state index contributed by atoms with van der Waals surface area (Å²) in [6, 6.07) is 1.61. The number of halogens is 2. The molecule has 5 heteroatoms. The lowest BCUT2D eigenvalue weighted by atomic mass is 10.1. The lowest BCUT2D eigenvalue weighted by Gasteiger charge is -2.08. The Morgan fingerprint density at radius 3 is 2.75 bits per heavy atom. The topological polar surface area (TPSA) is 46.0 Å². The third-order valence-electron chi connectivity index (χ3n) is 1.55. The summed E-state index contributed by atoms with van der Waals surface area (Å²) in [4.78, 5) is 0. The second-order valence-electron chi connectivity index (χ2n) is 2.50. The predicted octanol–water partition coefficient (Wildman–Crippen LogP) is 1.88. The first-order valence-electron chi connectivity index (χ1n) is 3.44. The molecule has 1 aromatic heterocycles. The number of rotatable bonds is 2. The number of aliphatic hydroxyl groups is 1. The van der Waals surface area contributed by atoms with Gasteiger partial charge in [-0.2, -0.15) is 0 Å². The van der Waals surface area contributed by atoms with Gasteiger partial charge >= 0.3 is 0 Å². The van der Waals surface area contributed by atoms with Crippen molar-refractivity contribution in [2.24, 2.45) is 0 Å². The molecular formula is C7H8Cl2N2O. The molecule has 0 unspecified atom stereocenters. The van der Waals surface area contributed by atoms with E-state index >= 15 is 0 Å². The van der Waals surface area contributed by atoms with Crippen molar-refractivity contribution in [3.8, 4) is 0 Å². The molecule has 12 heavy (non-hydrogen) atoms. The quantitative estimate of drug-likeness (QED) is 0.805. The molecule has 0 amide bonds. The highest BCUT2D eigenvalue weighted by atomic mass is 35.5. The molecule has 1 N–H and O–H groups in total. The minimum atomic E-state index is -0.0644. The van der Waals surface area contributed by atoms with Crippen molar-refractivity contribution < 1.29 is 5.11 Å². The molecule has 3 nitrogen and oxygen atoms in total. The van der Waals surface area contributed by atoms with Crippen LogP contribution in [-0.2, 0) is 0 Å². The molecule has 0 aliphatic carbocycles. The maximum absolute atomic E-state index is 8.85. The van der Waals surface area contributed by atoms with Crippen molar-refractivity contribution in [2.75, 3.05) is 6.61 Å². The second-order valence-corrected chi connectivity index (χ2v) is 3.24. The Labute approximate surface area is 80.3 Å². The zero-order valence-corrected chi connectivity index (χ0v) is 7.97. The summed E-state index contributed by atoms with van der Waals surface area (Å²) in [6.45, 7) is 1.85. The largest absolute Gasteiger partial charge is 0.396 e. The summed E-state index contributed by atoms with van der Waals surface area (Å²) in [5.74, 6) is -0.0644. The lowest BCUT2D eigenvalue weighted by Crippen LogP contribution is -2.01. The SMILES string of the molecule is C[C@H](CO)c1cc(Cl)nnc1Cl. The standard InChI is InChI=1S/C7H8Cl2N2O/c1-4(3-12)5-2-6(8)10-11-7(5)9/h2,4,12H,3H2,1H3/t4-/m1/s1. The van der Waals surface area contributed by atoms with Crippen LogP contribution < -0.4 is 0 Å². The van der Waals surface area contributed by atoms with Crippen LogP contribution in [0.2, 0.25) is 10.3 Å². The van der Waals surface area contributed by atoms with E-state index in [0.29, 0.717) is 5.15 Å². The van der Waals surface area contributed by atoms with Gasteiger partial charge in [-0.05, 0) is 11.6 Å². The number of hydrogen-bond acceptors (Lipinski definition) is 3. The molecule has 1 aromatic rings. The van der Waals surface area contributed by atoms with E-state index in [9.17, 15) is 0 Å². The highest BCUT2D eigenvalue weighted by molar-refractivity contribution is 6.31. The first kappa shape index (κ1) is 9.71. The summed E-state index contributed by atoms with van der Waals surface area (Å²) < 4.78 is 0. The van der Waals surface area contributed by atoms with E-state index in [4.69, 9.17) is 28.3 Å². The molecule has 1 heterocycles. The van der Waals surface area contributed by atoms with Gasteiger partial charge in [-0.15, -0.1) is 10.2 Å². The van der Waals surface area contributed by atoms with Gasteiger partial charge in [-0.1, -0.05) is 30.1 Å². The maximum atomic E-state index is 8.85. The molecule has 1 rings (SSSR count). The molecule has 0 spiro atoms. The number of hydrogen-bond donors (Lipinski definition) is 1. The van der Waals surface area contributed by atoms with Crippen molar-refractivity contribution in [2.45, 2.75) is 12.8 Å². The number of nitrogens with zero attached hydrogens (tertiary/aromatic N) is 2. The van der Waals surface area contributed by atoms with Gasteiger partial charge in [0.05, 0.1) is 0 Å². The van der Waals surface area contributed by atoms with Crippen LogP contribution in [0, 0.1) is 0 Å². The first-order valence-corrected chi connectivity index (χ1v) is 4.20. The zero-order valence-electron chi connectivity index (χ0n) is 6.46. The Bertz CT molecular complexity index is 280. The zero-order chi connectivity index (χ0) is 9.14. The Kier molecular flexibility index (Phi) is 3.26. The van der Waals surface area contributed by atoms with E-state index < -0.39 is 0 Å². The monoisotopic (exact) mass is 206 g/mol. The average molecular weight is 207 g/mol. The van der Waals surface area contributed by atoms with Crippen LogP contribution in [0.5, 0.6) is 0 Å². The van der Waals surface area contributed by atoms with Crippen LogP contribution in [0.15, 0.2) is 6.07 Å². The average Bonchev–Trinajstić information content (AvgIpc) is 2.08. The fourth-order valence-corrected chi connectivity index (χ4v) is 1.24. The van der Waals surface area contributed by atoms with Gasteiger partial charge in [-0.25, -0.2) is 0 Å². The van der Waals surface area contributed by atoms with Crippen molar-refractivity contribution in [1.29, 1.82) is 0 Å². The summed E-state index contributed by atoms with van der Waals surface area (Å²) >= 11 is 11.3. The van der Waals surface area contributed by atoms with Crippen LogP contribution in [-0.4, -0.2) is 21.9 Å². The van der Waals surface area contributed by atoms with Gasteiger partial charge in [0.15, 0.2) is 10.3 Å². The van der Waals surface area contributed by atoms with E-state index in [0.717, 1.165) is 5.56 Å². The van der Waals surface area contributed by atoms with Crippen LogP contribution in [0.1, 0.15) is 18.4 Å². The van der Waals surface area contributed by atoms with Gasteiger partial charge in [-0.3, -0.25) is 0 Å². The van der Waals surface area contributed by atoms with Gasteiger partial charge in [0, 0.05) is 12.5 Å². The molecule has 66 valence electrons. The van der Waals surface area contributed by atoms with E-state index in [2.05, 4.69) is 10.2 Å². The normalized spacial score (nSPS) is 13.0. The van der Waals surface area contributed by atoms with Gasteiger partial charge in [0.2, 0.25) is 0 Å². The Morgan fingerprint density at radius 2 is 2.17 bits per heavy atom. The molecule has 0 fully saturated rings. The summed E-state index contributed by atoms with van der Waals surface area (Å²) in [7, 11) is 0. The third kappa shape index (κ3) is 2.06. The van der Waals surface area contributed by atoms with Gasteiger partial charge in [0.25, 0.3) is 0 Å². The van der Waals surface area contributed by atoms with Crippen LogP contribution in [0.25, 0.3) is 0 Å². The molecule has 1 atom stereocenters. The Hall–Kier alpha value is -0.380.